The van der Waals surface area contributed by atoms with Gasteiger partial charge in [-0.05, 0) is 31.2 Å². The van der Waals surface area contributed by atoms with Crippen LogP contribution in [0.4, 0.5) is 0 Å². The van der Waals surface area contributed by atoms with E-state index in [2.05, 4.69) is 17.8 Å². The highest BCUT2D eigenvalue weighted by Crippen LogP contribution is 2.21. The molecule has 2 N–H and O–H groups in total. The smallest absolute Gasteiger partial charge is 0.273 e. The molecule has 1 aromatic heterocycles. The van der Waals surface area contributed by atoms with Crippen LogP contribution < -0.4 is 10.9 Å². The van der Waals surface area contributed by atoms with Crippen LogP contribution in [0.25, 0.3) is 0 Å². The van der Waals surface area contributed by atoms with E-state index in [1.54, 1.807) is 11.8 Å². The van der Waals surface area contributed by atoms with Crippen molar-refractivity contribution in [1.82, 2.24) is 10.9 Å². The average molecular weight is 286 g/mol. The van der Waals surface area contributed by atoms with E-state index in [1.807, 2.05) is 19.2 Å². The summed E-state index contributed by atoms with van der Waals surface area (Å²) in [4.78, 5) is 25.0. The molecule has 0 aromatic carbocycles. The third kappa shape index (κ3) is 4.34. The quantitative estimate of drug-likeness (QED) is 0.815. The molecule has 0 bridgehead atoms. The summed E-state index contributed by atoms with van der Waals surface area (Å²) in [6.07, 6.45) is 3.27. The molecule has 0 spiro atoms. The predicted molar refractivity (Wildman–Crippen MR) is 77.0 cm³/mol. The van der Waals surface area contributed by atoms with E-state index in [0.717, 1.165) is 17.7 Å². The Kier molecular flexibility index (Phi) is 6.21. The van der Waals surface area contributed by atoms with Crippen LogP contribution in [-0.4, -0.2) is 23.8 Å². The second-order valence-electron chi connectivity index (χ2n) is 3.82. The Morgan fingerprint density at radius 2 is 2.11 bits per heavy atom. The lowest BCUT2D eigenvalue weighted by Crippen LogP contribution is -2.41. The van der Waals surface area contributed by atoms with Crippen LogP contribution in [0.2, 0.25) is 0 Å². The van der Waals surface area contributed by atoms with Crippen molar-refractivity contribution >= 4 is 34.9 Å². The molecule has 18 heavy (non-hydrogen) atoms. The van der Waals surface area contributed by atoms with E-state index in [1.165, 1.54) is 16.2 Å². The minimum Gasteiger partial charge on any atom is -0.273 e. The van der Waals surface area contributed by atoms with E-state index in [0.29, 0.717) is 11.3 Å². The third-order valence-electron chi connectivity index (χ3n) is 2.41. The van der Waals surface area contributed by atoms with Crippen LogP contribution >= 0.6 is 23.1 Å². The van der Waals surface area contributed by atoms with Gasteiger partial charge in [-0.1, -0.05) is 6.92 Å². The number of thioether (sulfide) groups is 1. The summed E-state index contributed by atoms with van der Waals surface area (Å²) in [5, 5.41) is 0. The summed E-state index contributed by atoms with van der Waals surface area (Å²) in [6.45, 7) is 4.05. The van der Waals surface area contributed by atoms with E-state index < -0.39 is 0 Å². The van der Waals surface area contributed by atoms with Crippen LogP contribution in [0, 0.1) is 6.92 Å². The first-order valence-corrected chi connectivity index (χ1v) is 7.97. The average Bonchev–Trinajstić information content (AvgIpc) is 2.74. The molecule has 4 nitrogen and oxygen atoms in total. The number of hydrogen-bond acceptors (Lipinski definition) is 4. The minimum atomic E-state index is -0.250. The second-order valence-corrected chi connectivity index (χ2v) is 5.94. The lowest BCUT2D eigenvalue weighted by atomic mass is 10.2. The molecule has 0 unspecified atom stereocenters. The molecule has 1 aromatic rings. The molecule has 0 aliphatic rings. The molecule has 0 fully saturated rings. The summed E-state index contributed by atoms with van der Waals surface area (Å²) >= 11 is 3.07. The lowest BCUT2D eigenvalue weighted by molar-refractivity contribution is -0.121. The number of carbonyl (C=O) groups is 2. The maximum absolute atomic E-state index is 11.8. The Morgan fingerprint density at radius 3 is 2.67 bits per heavy atom. The van der Waals surface area contributed by atoms with Gasteiger partial charge in [-0.2, -0.15) is 11.8 Å². The molecule has 2 amide bonds. The fourth-order valence-electron chi connectivity index (χ4n) is 1.43. The molecule has 0 aliphatic heterocycles. The number of thiophene rings is 1. The molecule has 0 saturated heterocycles. The van der Waals surface area contributed by atoms with Gasteiger partial charge in [0.2, 0.25) is 5.91 Å². The van der Waals surface area contributed by atoms with Crippen LogP contribution in [0.1, 0.15) is 33.5 Å². The molecular weight excluding hydrogens is 268 g/mol. The number of hydrogen-bond donors (Lipinski definition) is 2. The van der Waals surface area contributed by atoms with Gasteiger partial charge in [0.15, 0.2) is 0 Å². The fourth-order valence-corrected chi connectivity index (χ4v) is 2.83. The minimum absolute atomic E-state index is 0.165. The Morgan fingerprint density at radius 1 is 1.39 bits per heavy atom. The Hall–Kier alpha value is -1.01. The third-order valence-corrected chi connectivity index (χ3v) is 4.41. The molecule has 0 saturated carbocycles. The first-order chi connectivity index (χ1) is 8.58. The van der Waals surface area contributed by atoms with Gasteiger partial charge in [-0.3, -0.25) is 20.4 Å². The fraction of sp³-hybridized carbons (Fsp3) is 0.500. The standard InChI is InChI=1S/C12H18N2O2S2/c1-4-9-8(2)7-10(18-9)12(16)14-13-11(15)5-6-17-3/h7H,4-6H2,1-3H3,(H,13,15)(H,14,16). The second kappa shape index (κ2) is 7.43. The van der Waals surface area contributed by atoms with Crippen molar-refractivity contribution in [2.24, 2.45) is 0 Å². The first-order valence-electron chi connectivity index (χ1n) is 5.75. The molecule has 0 radical (unpaired) electrons. The molecule has 1 heterocycles. The van der Waals surface area contributed by atoms with E-state index in [4.69, 9.17) is 0 Å². The van der Waals surface area contributed by atoms with Gasteiger partial charge in [0.25, 0.3) is 5.91 Å². The van der Waals surface area contributed by atoms with Crippen molar-refractivity contribution in [2.75, 3.05) is 12.0 Å². The van der Waals surface area contributed by atoms with Gasteiger partial charge in [0.05, 0.1) is 4.88 Å². The first kappa shape index (κ1) is 15.0. The van der Waals surface area contributed by atoms with Gasteiger partial charge in [0, 0.05) is 17.1 Å². The zero-order chi connectivity index (χ0) is 13.5. The summed E-state index contributed by atoms with van der Waals surface area (Å²) in [5.41, 5.74) is 5.98. The number of carbonyl (C=O) groups excluding carboxylic acids is 2. The van der Waals surface area contributed by atoms with Crippen molar-refractivity contribution < 1.29 is 9.59 Å². The maximum Gasteiger partial charge on any atom is 0.279 e. The molecular formula is C12H18N2O2S2. The van der Waals surface area contributed by atoms with E-state index >= 15 is 0 Å². The van der Waals surface area contributed by atoms with Gasteiger partial charge < -0.3 is 0 Å². The molecule has 6 heteroatoms. The van der Waals surface area contributed by atoms with Crippen molar-refractivity contribution in [3.05, 3.63) is 21.4 Å². The monoisotopic (exact) mass is 286 g/mol. The number of rotatable bonds is 5. The zero-order valence-corrected chi connectivity index (χ0v) is 12.5. The molecule has 1 rings (SSSR count). The SMILES string of the molecule is CCc1sc(C(=O)NNC(=O)CCSC)cc1C. The Labute approximate surface area is 116 Å². The van der Waals surface area contributed by atoms with Crippen LogP contribution in [0.5, 0.6) is 0 Å². The van der Waals surface area contributed by atoms with Gasteiger partial charge in [-0.25, -0.2) is 0 Å². The highest BCUT2D eigenvalue weighted by atomic mass is 32.2. The molecule has 100 valence electrons. The van der Waals surface area contributed by atoms with Crippen LogP contribution in [0.15, 0.2) is 6.07 Å². The van der Waals surface area contributed by atoms with Crippen molar-refractivity contribution in [1.29, 1.82) is 0 Å². The number of aryl methyl sites for hydroxylation is 2. The van der Waals surface area contributed by atoms with Crippen molar-refractivity contribution in [2.45, 2.75) is 26.7 Å². The number of nitrogens with one attached hydrogen (secondary N) is 2. The molecule has 0 atom stereocenters. The number of hydrazine groups is 1. The van der Waals surface area contributed by atoms with Crippen molar-refractivity contribution in [3.63, 3.8) is 0 Å². The van der Waals surface area contributed by atoms with E-state index in [9.17, 15) is 9.59 Å². The van der Waals surface area contributed by atoms with Gasteiger partial charge >= 0.3 is 0 Å². The highest BCUT2D eigenvalue weighted by Gasteiger charge is 2.12. The molecule has 0 aliphatic carbocycles. The lowest BCUT2D eigenvalue weighted by Gasteiger charge is -2.05. The van der Waals surface area contributed by atoms with Crippen LogP contribution in [-0.2, 0) is 11.2 Å². The van der Waals surface area contributed by atoms with Crippen LogP contribution in [0.3, 0.4) is 0 Å². The normalized spacial score (nSPS) is 10.2. The predicted octanol–water partition coefficient (Wildman–Crippen LogP) is 2.13. The maximum atomic E-state index is 11.8. The Bertz CT molecular complexity index is 430. The van der Waals surface area contributed by atoms with Gasteiger partial charge in [0.1, 0.15) is 0 Å². The number of amides is 2. The van der Waals surface area contributed by atoms with Crippen molar-refractivity contribution in [3.8, 4) is 0 Å². The summed E-state index contributed by atoms with van der Waals surface area (Å²) in [5.74, 6) is 0.335. The topological polar surface area (TPSA) is 58.2 Å². The highest BCUT2D eigenvalue weighted by molar-refractivity contribution is 7.98. The summed E-state index contributed by atoms with van der Waals surface area (Å²) in [6, 6.07) is 1.85. The largest absolute Gasteiger partial charge is 0.279 e. The Balaban J connectivity index is 2.47. The summed E-state index contributed by atoms with van der Waals surface area (Å²) in [7, 11) is 0. The van der Waals surface area contributed by atoms with Gasteiger partial charge in [-0.15, -0.1) is 11.3 Å². The summed E-state index contributed by atoms with van der Waals surface area (Å²) < 4.78 is 0. The zero-order valence-electron chi connectivity index (χ0n) is 10.8. The van der Waals surface area contributed by atoms with E-state index in [-0.39, 0.29) is 11.8 Å².